The third-order valence-corrected chi connectivity index (χ3v) is 10.0. The number of aryl methyl sites for hydroxylation is 1. The van der Waals surface area contributed by atoms with Crippen molar-refractivity contribution in [2.24, 2.45) is 0 Å². The molecule has 0 bridgehead atoms. The summed E-state index contributed by atoms with van der Waals surface area (Å²) in [6, 6.07) is 31.5. The minimum Gasteiger partial charge on any atom is -0.497 e. The number of hydrogen-bond acceptors (Lipinski definition) is 6. The van der Waals surface area contributed by atoms with E-state index >= 15 is 0 Å². The Bertz CT molecular complexity index is 2190. The number of para-hydroxylation sites is 1. The van der Waals surface area contributed by atoms with E-state index in [-0.39, 0.29) is 29.3 Å². The molecule has 1 heterocycles. The van der Waals surface area contributed by atoms with Crippen molar-refractivity contribution < 1.29 is 35.8 Å². The van der Waals surface area contributed by atoms with Crippen molar-refractivity contribution in [1.82, 2.24) is 9.29 Å². The number of pyridine rings is 1. The minimum absolute atomic E-state index is 0.0313. The lowest BCUT2D eigenvalue weighted by Crippen LogP contribution is -2.30. The normalized spacial score (nSPS) is 11.9. The van der Waals surface area contributed by atoms with Crippen molar-refractivity contribution in [3.8, 4) is 34.1 Å². The first-order chi connectivity index (χ1) is 24.0. The van der Waals surface area contributed by atoms with Gasteiger partial charge in [0, 0.05) is 30.7 Å². The predicted octanol–water partition coefficient (Wildman–Crippen LogP) is 9.43. The Morgan fingerprint density at radius 1 is 0.700 bits per heavy atom. The fraction of sp³-hybridized carbons (Fsp3) is 0.154. The van der Waals surface area contributed by atoms with Gasteiger partial charge in [0.05, 0.1) is 30.2 Å². The highest BCUT2D eigenvalue weighted by molar-refractivity contribution is 7.89. The van der Waals surface area contributed by atoms with E-state index in [0.717, 1.165) is 17.2 Å². The number of rotatable bonds is 11. The van der Waals surface area contributed by atoms with Gasteiger partial charge in [-0.1, -0.05) is 54.6 Å². The molecule has 0 atom stereocenters. The fourth-order valence-electron chi connectivity index (χ4n) is 5.73. The molecule has 0 saturated carbocycles. The van der Waals surface area contributed by atoms with E-state index in [1.165, 1.54) is 28.7 Å². The van der Waals surface area contributed by atoms with Crippen LogP contribution in [0.2, 0.25) is 0 Å². The summed E-state index contributed by atoms with van der Waals surface area (Å²) in [5.74, 6) is 1.96. The first-order valence-corrected chi connectivity index (χ1v) is 17.0. The molecule has 256 valence electrons. The summed E-state index contributed by atoms with van der Waals surface area (Å²) in [5.41, 5.74) is 2.50. The van der Waals surface area contributed by atoms with E-state index in [4.69, 9.17) is 14.2 Å². The Balaban J connectivity index is 1.31. The lowest BCUT2D eigenvalue weighted by molar-refractivity contribution is -0.136. The molecule has 0 fully saturated rings. The van der Waals surface area contributed by atoms with Crippen molar-refractivity contribution in [3.05, 3.63) is 144 Å². The fourth-order valence-corrected chi connectivity index (χ4v) is 7.18. The maximum atomic E-state index is 14.2. The molecule has 6 rings (SSSR count). The Kier molecular flexibility index (Phi) is 9.81. The van der Waals surface area contributed by atoms with Crippen molar-refractivity contribution in [3.63, 3.8) is 0 Å². The average molecular weight is 699 g/mol. The zero-order chi connectivity index (χ0) is 35.5. The molecule has 50 heavy (non-hydrogen) atoms. The number of benzene rings is 5. The maximum absolute atomic E-state index is 14.2. The van der Waals surface area contributed by atoms with Crippen LogP contribution < -0.4 is 14.2 Å². The summed E-state index contributed by atoms with van der Waals surface area (Å²) in [6.45, 7) is 1.98. The van der Waals surface area contributed by atoms with Crippen LogP contribution in [0.5, 0.6) is 23.0 Å². The molecule has 0 spiro atoms. The quantitative estimate of drug-likeness (QED) is 0.134. The molecule has 0 aliphatic rings. The summed E-state index contributed by atoms with van der Waals surface area (Å²) < 4.78 is 87.9. The van der Waals surface area contributed by atoms with Gasteiger partial charge in [0.25, 0.3) is 0 Å². The van der Waals surface area contributed by atoms with E-state index in [9.17, 15) is 21.6 Å². The monoisotopic (exact) mass is 698 g/mol. The van der Waals surface area contributed by atoms with Crippen LogP contribution in [-0.2, 0) is 29.3 Å². The number of nitrogens with zero attached hydrogens (tertiary/aromatic N) is 2. The molecular formula is C39H33F3N2O5S. The van der Waals surface area contributed by atoms with Gasteiger partial charge in [0.15, 0.2) is 0 Å². The molecule has 0 unspecified atom stereocenters. The van der Waals surface area contributed by atoms with Gasteiger partial charge in [-0.3, -0.25) is 4.98 Å². The first kappa shape index (κ1) is 34.5. The summed E-state index contributed by atoms with van der Waals surface area (Å²) in [4.78, 5) is 4.15. The van der Waals surface area contributed by atoms with Gasteiger partial charge in [0.2, 0.25) is 10.0 Å². The van der Waals surface area contributed by atoms with Crippen LogP contribution >= 0.6 is 0 Å². The van der Waals surface area contributed by atoms with Crippen molar-refractivity contribution in [2.45, 2.75) is 31.1 Å². The lowest BCUT2D eigenvalue weighted by Gasteiger charge is -2.23. The molecular weight excluding hydrogens is 665 g/mol. The molecule has 0 amide bonds. The van der Waals surface area contributed by atoms with E-state index in [1.54, 1.807) is 87.9 Å². The third-order valence-electron chi connectivity index (χ3n) is 8.23. The average Bonchev–Trinajstić information content (AvgIpc) is 3.11. The molecule has 7 nitrogen and oxygen atoms in total. The molecule has 0 saturated heterocycles. The van der Waals surface area contributed by atoms with Crippen LogP contribution in [0.15, 0.2) is 126 Å². The van der Waals surface area contributed by atoms with Gasteiger partial charge in [-0.05, 0) is 89.3 Å². The SMILES string of the molecule is COc1ccc(CN(Cc2ccc(OC)cc2)S(=O)(=O)c2cccc(Oc3cccc(-c4c(C)cnc5c(C(F)(F)F)cccc45)c3)c2)cc1. The number of alkyl halides is 3. The summed E-state index contributed by atoms with van der Waals surface area (Å²) >= 11 is 0. The number of sulfonamides is 1. The highest BCUT2D eigenvalue weighted by Crippen LogP contribution is 2.39. The largest absolute Gasteiger partial charge is 0.497 e. The van der Waals surface area contributed by atoms with Gasteiger partial charge >= 0.3 is 6.18 Å². The first-order valence-electron chi connectivity index (χ1n) is 15.6. The highest BCUT2D eigenvalue weighted by Gasteiger charge is 2.33. The van der Waals surface area contributed by atoms with Gasteiger partial charge in [0.1, 0.15) is 23.0 Å². The summed E-state index contributed by atoms with van der Waals surface area (Å²) in [7, 11) is -0.918. The molecule has 1 aromatic heterocycles. The smallest absolute Gasteiger partial charge is 0.418 e. The van der Waals surface area contributed by atoms with Crippen LogP contribution in [0.1, 0.15) is 22.3 Å². The Hall–Kier alpha value is -5.39. The molecule has 5 aromatic carbocycles. The number of aromatic nitrogens is 1. The number of hydrogen-bond donors (Lipinski definition) is 0. The van der Waals surface area contributed by atoms with Crippen LogP contribution in [0.4, 0.5) is 13.2 Å². The zero-order valence-electron chi connectivity index (χ0n) is 27.4. The van der Waals surface area contributed by atoms with Crippen LogP contribution in [0.3, 0.4) is 0 Å². The number of fused-ring (bicyclic) bond motifs is 1. The van der Waals surface area contributed by atoms with Crippen molar-refractivity contribution >= 4 is 20.9 Å². The Morgan fingerprint density at radius 3 is 1.84 bits per heavy atom. The van der Waals surface area contributed by atoms with E-state index in [0.29, 0.717) is 39.3 Å². The molecule has 6 aromatic rings. The highest BCUT2D eigenvalue weighted by atomic mass is 32.2. The standard InChI is InChI=1S/C39H33F3N2O5S/c1-26-23-43-38-35(11-6-12-36(38)39(40,41)42)37(26)29-7-4-8-32(21-29)49-33-9-5-10-34(22-33)50(45,46)44(24-27-13-17-30(47-2)18-14-27)25-28-15-19-31(48-3)20-16-28/h4-23H,24-25H2,1-3H3. The third kappa shape index (κ3) is 7.44. The van der Waals surface area contributed by atoms with E-state index < -0.39 is 21.8 Å². The molecule has 0 radical (unpaired) electrons. The van der Waals surface area contributed by atoms with Crippen molar-refractivity contribution in [2.75, 3.05) is 14.2 Å². The molecule has 11 heteroatoms. The van der Waals surface area contributed by atoms with Crippen LogP contribution in [0, 0.1) is 6.92 Å². The van der Waals surface area contributed by atoms with Gasteiger partial charge in [-0.25, -0.2) is 8.42 Å². The topological polar surface area (TPSA) is 78.0 Å². The molecule has 0 aliphatic heterocycles. The van der Waals surface area contributed by atoms with E-state index in [1.807, 2.05) is 24.3 Å². The second-order valence-electron chi connectivity index (χ2n) is 11.6. The summed E-state index contributed by atoms with van der Waals surface area (Å²) in [6.07, 6.45) is -3.13. The minimum atomic E-state index is -4.56. The summed E-state index contributed by atoms with van der Waals surface area (Å²) in [5, 5.41) is 0.360. The Labute approximate surface area is 288 Å². The second-order valence-corrected chi connectivity index (χ2v) is 13.5. The number of ether oxygens (including phenoxy) is 3. The van der Waals surface area contributed by atoms with Gasteiger partial charge < -0.3 is 14.2 Å². The van der Waals surface area contributed by atoms with Gasteiger partial charge in [-0.15, -0.1) is 0 Å². The Morgan fingerprint density at radius 2 is 1.26 bits per heavy atom. The number of halogens is 3. The lowest BCUT2D eigenvalue weighted by atomic mass is 9.95. The van der Waals surface area contributed by atoms with E-state index in [2.05, 4.69) is 4.98 Å². The van der Waals surface area contributed by atoms with Crippen LogP contribution in [-0.4, -0.2) is 31.9 Å². The van der Waals surface area contributed by atoms with Crippen molar-refractivity contribution in [1.29, 1.82) is 0 Å². The second kappa shape index (κ2) is 14.2. The zero-order valence-corrected chi connectivity index (χ0v) is 28.3. The predicted molar refractivity (Wildman–Crippen MR) is 186 cm³/mol. The maximum Gasteiger partial charge on any atom is 0.418 e. The molecule has 0 aliphatic carbocycles. The molecule has 0 N–H and O–H groups in total. The van der Waals surface area contributed by atoms with Gasteiger partial charge in [-0.2, -0.15) is 17.5 Å². The van der Waals surface area contributed by atoms with Crippen LogP contribution in [0.25, 0.3) is 22.0 Å². The number of methoxy groups -OCH3 is 2.